The van der Waals surface area contributed by atoms with Crippen molar-refractivity contribution in [2.24, 2.45) is 5.84 Å². The summed E-state index contributed by atoms with van der Waals surface area (Å²) < 4.78 is 5.29. The molecule has 0 radical (unpaired) electrons. The predicted octanol–water partition coefficient (Wildman–Crippen LogP) is 2.63. The van der Waals surface area contributed by atoms with Gasteiger partial charge < -0.3 is 10.2 Å². The molecule has 1 aromatic rings. The number of nitrogens with two attached hydrogens (primary N) is 1. The van der Waals surface area contributed by atoms with Gasteiger partial charge in [-0.15, -0.1) is 0 Å². The topological polar surface area (TPSA) is 60.2 Å². The number of pyridine rings is 1. The molecule has 1 rings (SSSR count). The second-order valence-electron chi connectivity index (χ2n) is 2.63. The first-order chi connectivity index (χ1) is 7.19. The van der Waals surface area contributed by atoms with Gasteiger partial charge in [-0.25, -0.2) is 5.84 Å². The highest BCUT2D eigenvalue weighted by Gasteiger charge is 2.08. The molecule has 0 saturated heterocycles. The number of nitrogens with zero attached hydrogens (tertiary/aromatic N) is 1. The Morgan fingerprint density at radius 2 is 2.27 bits per heavy atom. The van der Waals surface area contributed by atoms with Crippen LogP contribution in [0.5, 0.6) is 5.88 Å². The molecule has 0 spiro atoms. The smallest absolute Gasteiger partial charge is 0.235 e. The summed E-state index contributed by atoms with van der Waals surface area (Å²) in [6.45, 7) is 2.29. The van der Waals surface area contributed by atoms with Crippen LogP contribution in [-0.4, -0.2) is 11.6 Å². The second kappa shape index (κ2) is 5.80. The van der Waals surface area contributed by atoms with E-state index in [0.29, 0.717) is 28.3 Å². The van der Waals surface area contributed by atoms with Crippen molar-refractivity contribution < 1.29 is 4.74 Å². The fourth-order valence-electron chi connectivity index (χ4n) is 0.875. The van der Waals surface area contributed by atoms with E-state index in [2.05, 4.69) is 10.4 Å². The standard InChI is InChI=1S/C9H11Cl2N3O/c1-2-3-4-15-9-7(11)5-6(10)8(13-9)14-12/h2-3,5H,4,12H2,1H3,(H,13,14)/b3-2+. The summed E-state index contributed by atoms with van der Waals surface area (Å²) in [4.78, 5) is 4.01. The molecule has 0 aromatic carbocycles. The maximum Gasteiger partial charge on any atom is 0.235 e. The van der Waals surface area contributed by atoms with Crippen LogP contribution in [0.3, 0.4) is 0 Å². The van der Waals surface area contributed by atoms with Crippen LogP contribution in [-0.2, 0) is 0 Å². The average molecular weight is 248 g/mol. The highest BCUT2D eigenvalue weighted by Crippen LogP contribution is 2.30. The van der Waals surface area contributed by atoms with Crippen LogP contribution in [0.2, 0.25) is 10.0 Å². The molecule has 0 amide bonds. The average Bonchev–Trinajstić information content (AvgIpc) is 2.21. The Kier molecular flexibility index (Phi) is 4.68. The van der Waals surface area contributed by atoms with Gasteiger partial charge in [-0.3, -0.25) is 0 Å². The molecule has 0 aliphatic heterocycles. The molecule has 1 heterocycles. The van der Waals surface area contributed by atoms with Crippen molar-refractivity contribution in [3.8, 4) is 5.88 Å². The van der Waals surface area contributed by atoms with Gasteiger partial charge in [0.05, 0.1) is 5.02 Å². The third kappa shape index (κ3) is 3.27. The van der Waals surface area contributed by atoms with Crippen LogP contribution in [0.4, 0.5) is 5.82 Å². The quantitative estimate of drug-likeness (QED) is 0.488. The van der Waals surface area contributed by atoms with E-state index in [9.17, 15) is 0 Å². The molecule has 0 saturated carbocycles. The molecule has 0 bridgehead atoms. The van der Waals surface area contributed by atoms with Gasteiger partial charge in [0, 0.05) is 0 Å². The van der Waals surface area contributed by atoms with Crippen molar-refractivity contribution in [2.75, 3.05) is 12.0 Å². The molecule has 0 aliphatic rings. The number of nitrogen functional groups attached to an aromatic ring is 1. The highest BCUT2D eigenvalue weighted by molar-refractivity contribution is 6.36. The number of ether oxygens (including phenoxy) is 1. The lowest BCUT2D eigenvalue weighted by Crippen LogP contribution is -2.10. The Morgan fingerprint density at radius 3 is 2.87 bits per heavy atom. The Balaban J connectivity index is 2.87. The van der Waals surface area contributed by atoms with E-state index >= 15 is 0 Å². The summed E-state index contributed by atoms with van der Waals surface area (Å²) in [5.74, 6) is 5.84. The van der Waals surface area contributed by atoms with Gasteiger partial charge in [-0.05, 0) is 13.0 Å². The van der Waals surface area contributed by atoms with E-state index in [4.69, 9.17) is 33.8 Å². The van der Waals surface area contributed by atoms with E-state index < -0.39 is 0 Å². The number of rotatable bonds is 4. The number of halogens is 2. The van der Waals surface area contributed by atoms with Gasteiger partial charge in [0.15, 0.2) is 5.82 Å². The van der Waals surface area contributed by atoms with Crippen molar-refractivity contribution in [3.63, 3.8) is 0 Å². The van der Waals surface area contributed by atoms with Crippen molar-refractivity contribution in [3.05, 3.63) is 28.3 Å². The van der Waals surface area contributed by atoms with Gasteiger partial charge in [0.25, 0.3) is 0 Å². The molecule has 15 heavy (non-hydrogen) atoms. The first-order valence-electron chi connectivity index (χ1n) is 4.25. The fraction of sp³-hybridized carbons (Fsp3) is 0.222. The first-order valence-corrected chi connectivity index (χ1v) is 5.01. The van der Waals surface area contributed by atoms with Crippen molar-refractivity contribution >= 4 is 29.0 Å². The SMILES string of the molecule is C/C=C/COc1nc(NN)c(Cl)cc1Cl. The molecular weight excluding hydrogens is 237 g/mol. The molecule has 4 nitrogen and oxygen atoms in total. The van der Waals surface area contributed by atoms with E-state index in [1.165, 1.54) is 6.07 Å². The number of anilines is 1. The Bertz CT molecular complexity index is 369. The fourth-order valence-corrected chi connectivity index (χ4v) is 1.34. The summed E-state index contributed by atoms with van der Waals surface area (Å²) in [5.41, 5.74) is 2.35. The van der Waals surface area contributed by atoms with Crippen LogP contribution in [0.15, 0.2) is 18.2 Å². The number of hydrazine groups is 1. The molecule has 82 valence electrons. The van der Waals surface area contributed by atoms with Gasteiger partial charge >= 0.3 is 0 Å². The zero-order chi connectivity index (χ0) is 11.3. The molecule has 0 unspecified atom stereocenters. The van der Waals surface area contributed by atoms with Crippen LogP contribution >= 0.6 is 23.2 Å². The van der Waals surface area contributed by atoms with E-state index in [1.807, 2.05) is 19.1 Å². The summed E-state index contributed by atoms with van der Waals surface area (Å²) in [5, 5.41) is 0.699. The zero-order valence-corrected chi connectivity index (χ0v) is 9.64. The summed E-state index contributed by atoms with van der Waals surface area (Å²) in [6.07, 6.45) is 3.70. The van der Waals surface area contributed by atoms with Gasteiger partial charge in [0.2, 0.25) is 5.88 Å². The minimum Gasteiger partial charge on any atom is -0.472 e. The molecule has 6 heteroatoms. The number of aromatic nitrogens is 1. The summed E-state index contributed by atoms with van der Waals surface area (Å²) >= 11 is 11.7. The zero-order valence-electron chi connectivity index (χ0n) is 8.13. The van der Waals surface area contributed by atoms with Crippen LogP contribution in [0.1, 0.15) is 6.92 Å². The van der Waals surface area contributed by atoms with E-state index in [1.54, 1.807) is 0 Å². The maximum atomic E-state index is 5.87. The lowest BCUT2D eigenvalue weighted by Gasteiger charge is -2.08. The van der Waals surface area contributed by atoms with Crippen molar-refractivity contribution in [2.45, 2.75) is 6.92 Å². The van der Waals surface area contributed by atoms with Crippen LogP contribution < -0.4 is 16.0 Å². The highest BCUT2D eigenvalue weighted by atomic mass is 35.5. The number of hydrogen-bond acceptors (Lipinski definition) is 4. The van der Waals surface area contributed by atoms with Crippen molar-refractivity contribution in [1.82, 2.24) is 4.98 Å². The molecule has 1 aromatic heterocycles. The number of hydrogen-bond donors (Lipinski definition) is 2. The third-order valence-corrected chi connectivity index (χ3v) is 2.14. The lowest BCUT2D eigenvalue weighted by atomic mass is 10.4. The minimum absolute atomic E-state index is 0.298. The monoisotopic (exact) mass is 247 g/mol. The van der Waals surface area contributed by atoms with E-state index in [0.717, 1.165) is 0 Å². The second-order valence-corrected chi connectivity index (χ2v) is 3.44. The summed E-state index contributed by atoms with van der Waals surface area (Å²) in [7, 11) is 0. The molecule has 0 atom stereocenters. The molecular formula is C9H11Cl2N3O. The summed E-state index contributed by atoms with van der Waals surface area (Å²) in [6, 6.07) is 1.52. The van der Waals surface area contributed by atoms with Gasteiger partial charge in [-0.2, -0.15) is 4.98 Å². The van der Waals surface area contributed by atoms with Crippen LogP contribution in [0.25, 0.3) is 0 Å². The van der Waals surface area contributed by atoms with Crippen molar-refractivity contribution in [1.29, 1.82) is 0 Å². The Hall–Kier alpha value is -0.970. The normalized spacial score (nSPS) is 10.7. The number of nitrogens with one attached hydrogen (secondary N) is 1. The third-order valence-electron chi connectivity index (χ3n) is 1.59. The minimum atomic E-state index is 0.298. The van der Waals surface area contributed by atoms with Gasteiger partial charge in [0.1, 0.15) is 11.6 Å². The van der Waals surface area contributed by atoms with Gasteiger partial charge in [-0.1, -0.05) is 35.4 Å². The lowest BCUT2D eigenvalue weighted by molar-refractivity contribution is 0.349. The number of allylic oxidation sites excluding steroid dienone is 1. The molecule has 3 N–H and O–H groups in total. The molecule has 0 fully saturated rings. The molecule has 0 aliphatic carbocycles. The Morgan fingerprint density at radius 1 is 1.53 bits per heavy atom. The largest absolute Gasteiger partial charge is 0.472 e. The maximum absolute atomic E-state index is 5.87. The van der Waals surface area contributed by atoms with Crippen LogP contribution in [0, 0.1) is 0 Å². The van der Waals surface area contributed by atoms with E-state index in [-0.39, 0.29) is 0 Å². The predicted molar refractivity (Wildman–Crippen MR) is 62.4 cm³/mol. The Labute approximate surface area is 98.0 Å². The first kappa shape index (κ1) is 12.1.